The molecule has 0 bridgehead atoms. The van der Waals surface area contributed by atoms with Crippen LogP contribution in [0.4, 0.5) is 0 Å². The normalized spacial score (nSPS) is 6.80. The summed E-state index contributed by atoms with van der Waals surface area (Å²) in [6, 6.07) is 18.8. The second kappa shape index (κ2) is 19.0. The van der Waals surface area contributed by atoms with Crippen molar-refractivity contribution < 1.29 is 75.0 Å². The summed E-state index contributed by atoms with van der Waals surface area (Å²) in [4.78, 5) is 20.0. The molecule has 0 saturated carbocycles. The Morgan fingerprint density at radius 3 is 1.60 bits per heavy atom. The third kappa shape index (κ3) is 13.0. The second-order valence-corrected chi connectivity index (χ2v) is 2.98. The standard InChI is InChI=1S/C7H6O.C7H5O.CH4.CH3.2Y/c2*8-6-7-4-2-1-3-5-7;;;;/h1-6H;1-2,4-6H;1H4;1H3;;/q;-1;;-1;;. The third-order valence-electron chi connectivity index (χ3n) is 1.80. The van der Waals surface area contributed by atoms with Gasteiger partial charge in [-0.2, -0.15) is 30.3 Å². The zero-order chi connectivity index (χ0) is 11.6. The fourth-order valence-electron chi connectivity index (χ4n) is 1.01. The quantitative estimate of drug-likeness (QED) is 0.546. The number of rotatable bonds is 2. The van der Waals surface area contributed by atoms with Gasteiger partial charge in [0.1, 0.15) is 6.29 Å². The van der Waals surface area contributed by atoms with Crippen LogP contribution >= 0.6 is 0 Å². The van der Waals surface area contributed by atoms with Gasteiger partial charge in [-0.15, -0.1) is 0 Å². The molecule has 2 rings (SSSR count). The molecule has 2 aromatic rings. The number of hydrogen-bond donors (Lipinski definition) is 0. The Morgan fingerprint density at radius 2 is 1.30 bits per heavy atom. The minimum atomic E-state index is 0. The Morgan fingerprint density at radius 1 is 0.800 bits per heavy atom. The maximum absolute atomic E-state index is 10.0. The SMILES string of the molecule is C.O=Cc1c[c-]ccc1.O=Cc1ccccc1.[CH3-].[Y].[Y]. The monoisotopic (exact) mass is 420 g/mol. The molecule has 0 heterocycles. The molecule has 2 radical (unpaired) electrons. The number of carbonyl (C=O) groups excluding carboxylic acids is 2. The molecule has 0 aromatic heterocycles. The van der Waals surface area contributed by atoms with Gasteiger partial charge in [0, 0.05) is 71.0 Å². The molecule has 102 valence electrons. The zero-order valence-corrected chi connectivity index (χ0v) is 16.5. The largest absolute Gasteiger partial charge is 0.358 e. The molecule has 2 aromatic carbocycles. The van der Waals surface area contributed by atoms with Crippen LogP contribution in [0.3, 0.4) is 0 Å². The molecule has 0 aliphatic heterocycles. The summed E-state index contributed by atoms with van der Waals surface area (Å²) >= 11 is 0. The van der Waals surface area contributed by atoms with Crippen molar-refractivity contribution in [2.45, 2.75) is 7.43 Å². The molecular weight excluding hydrogens is 402 g/mol. The van der Waals surface area contributed by atoms with Gasteiger partial charge in [-0.1, -0.05) is 43.3 Å². The number of aldehydes is 2. The van der Waals surface area contributed by atoms with Gasteiger partial charge < -0.3 is 12.2 Å². The molecule has 2 nitrogen and oxygen atoms in total. The second-order valence-electron chi connectivity index (χ2n) is 2.98. The summed E-state index contributed by atoms with van der Waals surface area (Å²) in [5.74, 6) is 0. The number of carbonyl (C=O) groups is 2. The van der Waals surface area contributed by atoms with E-state index in [0.717, 1.165) is 18.1 Å². The van der Waals surface area contributed by atoms with Crippen molar-refractivity contribution in [3.63, 3.8) is 0 Å². The first kappa shape index (κ1) is 28.2. The minimum absolute atomic E-state index is 0. The minimum Gasteiger partial charge on any atom is -0.358 e. The maximum Gasteiger partial charge on any atom is 0.150 e. The van der Waals surface area contributed by atoms with E-state index in [2.05, 4.69) is 6.07 Å². The topological polar surface area (TPSA) is 34.1 Å². The molecule has 0 fully saturated rings. The Kier molecular flexibility index (Phi) is 26.8. The van der Waals surface area contributed by atoms with Gasteiger partial charge in [0.2, 0.25) is 0 Å². The third-order valence-corrected chi connectivity index (χ3v) is 1.80. The van der Waals surface area contributed by atoms with Crippen molar-refractivity contribution in [2.24, 2.45) is 0 Å². The van der Waals surface area contributed by atoms with Gasteiger partial charge in [0.05, 0.1) is 6.29 Å². The first-order valence-corrected chi connectivity index (χ1v) is 4.78. The average molecular weight is 420 g/mol. The molecule has 0 amide bonds. The van der Waals surface area contributed by atoms with E-state index >= 15 is 0 Å². The maximum atomic E-state index is 10.0. The molecule has 0 N–H and O–H groups in total. The molecule has 0 aliphatic carbocycles. The zero-order valence-electron chi connectivity index (χ0n) is 10.8. The van der Waals surface area contributed by atoms with Gasteiger partial charge in [-0.05, 0) is 0 Å². The van der Waals surface area contributed by atoms with Gasteiger partial charge >= 0.3 is 0 Å². The predicted molar refractivity (Wildman–Crippen MR) is 75.6 cm³/mol. The van der Waals surface area contributed by atoms with E-state index in [4.69, 9.17) is 0 Å². The summed E-state index contributed by atoms with van der Waals surface area (Å²) in [5, 5.41) is 0. The van der Waals surface area contributed by atoms with Gasteiger partial charge in [-0.3, -0.25) is 4.79 Å². The van der Waals surface area contributed by atoms with E-state index in [9.17, 15) is 9.59 Å². The molecule has 0 spiro atoms. The van der Waals surface area contributed by atoms with Crippen LogP contribution in [-0.4, -0.2) is 12.6 Å². The van der Waals surface area contributed by atoms with E-state index in [1.165, 1.54) is 0 Å². The summed E-state index contributed by atoms with van der Waals surface area (Å²) in [6.45, 7) is 0. The van der Waals surface area contributed by atoms with Crippen molar-refractivity contribution in [3.05, 3.63) is 79.2 Å². The Bertz CT molecular complexity index is 387. The fraction of sp³-hybridized carbons (Fsp3) is 0.0625. The van der Waals surface area contributed by atoms with Crippen molar-refractivity contribution in [1.82, 2.24) is 0 Å². The summed E-state index contributed by atoms with van der Waals surface area (Å²) in [5.41, 5.74) is 1.40. The van der Waals surface area contributed by atoms with Crippen LogP contribution in [0.15, 0.2) is 54.6 Å². The van der Waals surface area contributed by atoms with Crippen LogP contribution in [0.25, 0.3) is 0 Å². The van der Waals surface area contributed by atoms with Crippen molar-refractivity contribution in [1.29, 1.82) is 0 Å². The van der Waals surface area contributed by atoms with Gasteiger partial charge in [0.15, 0.2) is 0 Å². The van der Waals surface area contributed by atoms with Crippen LogP contribution in [0.5, 0.6) is 0 Å². The molecular formula is C16H18O2Y2-2. The van der Waals surface area contributed by atoms with Crippen molar-refractivity contribution in [2.75, 3.05) is 0 Å². The van der Waals surface area contributed by atoms with Gasteiger partial charge in [-0.25, -0.2) is 0 Å². The van der Waals surface area contributed by atoms with E-state index < -0.39 is 0 Å². The van der Waals surface area contributed by atoms with E-state index in [1.807, 2.05) is 18.2 Å². The van der Waals surface area contributed by atoms with Crippen LogP contribution < -0.4 is 0 Å². The molecule has 0 atom stereocenters. The Balaban J connectivity index is -0.000000107. The van der Waals surface area contributed by atoms with Crippen molar-refractivity contribution in [3.8, 4) is 0 Å². The molecule has 0 unspecified atom stereocenters. The summed E-state index contributed by atoms with van der Waals surface area (Å²) in [7, 11) is 0. The van der Waals surface area contributed by atoms with Crippen LogP contribution in [0.2, 0.25) is 0 Å². The molecule has 0 saturated heterocycles. The van der Waals surface area contributed by atoms with E-state index in [1.54, 1.807) is 36.4 Å². The van der Waals surface area contributed by atoms with Crippen LogP contribution in [-0.2, 0) is 65.4 Å². The average Bonchev–Trinajstić information content (AvgIpc) is 2.41. The smallest absolute Gasteiger partial charge is 0.150 e. The van der Waals surface area contributed by atoms with E-state index in [0.29, 0.717) is 5.56 Å². The summed E-state index contributed by atoms with van der Waals surface area (Å²) in [6.07, 6.45) is 1.64. The fourth-order valence-corrected chi connectivity index (χ4v) is 1.01. The first-order valence-electron chi connectivity index (χ1n) is 4.78. The van der Waals surface area contributed by atoms with E-state index in [-0.39, 0.29) is 80.3 Å². The summed E-state index contributed by atoms with van der Waals surface area (Å²) < 4.78 is 0. The number of benzene rings is 2. The molecule has 4 heteroatoms. The van der Waals surface area contributed by atoms with Gasteiger partial charge in [0.25, 0.3) is 0 Å². The van der Waals surface area contributed by atoms with Crippen LogP contribution in [0, 0.1) is 13.5 Å². The Labute approximate surface area is 172 Å². The number of hydrogen-bond acceptors (Lipinski definition) is 2. The van der Waals surface area contributed by atoms with Crippen molar-refractivity contribution >= 4 is 12.6 Å². The first-order chi connectivity index (χ1) is 7.86. The molecule has 20 heavy (non-hydrogen) atoms. The predicted octanol–water partition coefficient (Wildman–Crippen LogP) is 3.88. The van der Waals surface area contributed by atoms with Crippen LogP contribution in [0.1, 0.15) is 28.1 Å². The molecule has 0 aliphatic rings. The Hall–Kier alpha value is -0.0122.